The van der Waals surface area contributed by atoms with E-state index in [9.17, 15) is 4.79 Å². The zero-order valence-corrected chi connectivity index (χ0v) is 17.5. The first-order valence-corrected chi connectivity index (χ1v) is 12.1. The highest BCUT2D eigenvalue weighted by Crippen LogP contribution is 2.45. The van der Waals surface area contributed by atoms with Gasteiger partial charge in [-0.25, -0.2) is 4.98 Å². The summed E-state index contributed by atoms with van der Waals surface area (Å²) >= 11 is 5.53. The highest BCUT2D eigenvalue weighted by Gasteiger charge is 2.18. The Bertz CT molecular complexity index is 951. The van der Waals surface area contributed by atoms with Crippen LogP contribution in [-0.2, 0) is 10.5 Å². The second-order valence-electron chi connectivity index (χ2n) is 6.44. The Labute approximate surface area is 171 Å². The first-order chi connectivity index (χ1) is 13.2. The minimum atomic E-state index is 0.0310. The van der Waals surface area contributed by atoms with Crippen molar-refractivity contribution >= 4 is 52.5 Å². The topological polar surface area (TPSA) is 46.4 Å². The van der Waals surface area contributed by atoms with E-state index < -0.39 is 0 Å². The van der Waals surface area contributed by atoms with E-state index in [2.05, 4.69) is 41.6 Å². The van der Waals surface area contributed by atoms with Crippen molar-refractivity contribution in [3.8, 4) is 0 Å². The van der Waals surface area contributed by atoms with Crippen molar-refractivity contribution < 1.29 is 4.79 Å². The lowest BCUT2D eigenvalue weighted by atomic mass is 10.2. The van der Waals surface area contributed by atoms with Gasteiger partial charge in [0, 0.05) is 35.3 Å². The average Bonchev–Trinajstić information content (AvgIpc) is 3.31. The van der Waals surface area contributed by atoms with Crippen LogP contribution in [0.3, 0.4) is 0 Å². The third kappa shape index (κ3) is 4.83. The van der Waals surface area contributed by atoms with Gasteiger partial charge in [0.05, 0.1) is 16.0 Å². The number of pyridine rings is 1. The summed E-state index contributed by atoms with van der Waals surface area (Å²) < 4.78 is 2.53. The second kappa shape index (κ2) is 8.63. The molecule has 4 nitrogen and oxygen atoms in total. The zero-order valence-electron chi connectivity index (χ0n) is 15.1. The van der Waals surface area contributed by atoms with E-state index in [1.54, 1.807) is 11.8 Å². The third-order valence-corrected chi connectivity index (χ3v) is 8.27. The standard InChI is InChI=1S/C20H21N3OS3/c1-14-5-6-18-21-17(11-23(18)10-14)12-25-13-19(24)22-16-4-2-3-15(9-16)20-26-7-8-27-20/h2-6,9-11,20H,7-8,12-13H2,1H3,(H,22,24). The molecule has 1 N–H and O–H groups in total. The van der Waals surface area contributed by atoms with Crippen molar-refractivity contribution in [2.45, 2.75) is 17.3 Å². The number of aryl methyl sites for hydroxylation is 1. The molecular weight excluding hydrogens is 394 g/mol. The Hall–Kier alpha value is -1.57. The van der Waals surface area contributed by atoms with Crippen LogP contribution in [0, 0.1) is 6.92 Å². The molecule has 0 spiro atoms. The summed E-state index contributed by atoms with van der Waals surface area (Å²) in [7, 11) is 0. The Kier molecular flexibility index (Phi) is 6.00. The van der Waals surface area contributed by atoms with Gasteiger partial charge in [-0.3, -0.25) is 4.79 Å². The summed E-state index contributed by atoms with van der Waals surface area (Å²) in [6.07, 6.45) is 4.10. The summed E-state index contributed by atoms with van der Waals surface area (Å²) in [4.78, 5) is 16.9. The molecule has 2 aromatic heterocycles. The highest BCUT2D eigenvalue weighted by molar-refractivity contribution is 8.19. The molecule has 0 saturated carbocycles. The number of fused-ring (bicyclic) bond motifs is 1. The molecule has 1 aromatic carbocycles. The van der Waals surface area contributed by atoms with Gasteiger partial charge in [0.2, 0.25) is 5.91 Å². The fourth-order valence-electron chi connectivity index (χ4n) is 2.98. The molecule has 1 saturated heterocycles. The fraction of sp³-hybridized carbons (Fsp3) is 0.300. The van der Waals surface area contributed by atoms with E-state index >= 15 is 0 Å². The number of benzene rings is 1. The van der Waals surface area contributed by atoms with Crippen LogP contribution in [0.4, 0.5) is 5.69 Å². The van der Waals surface area contributed by atoms with Gasteiger partial charge in [-0.1, -0.05) is 18.2 Å². The molecular formula is C20H21N3OS3. The molecule has 1 fully saturated rings. The molecule has 0 aliphatic carbocycles. The number of aromatic nitrogens is 2. The number of hydrogen-bond acceptors (Lipinski definition) is 5. The highest BCUT2D eigenvalue weighted by atomic mass is 32.2. The van der Waals surface area contributed by atoms with Crippen molar-refractivity contribution in [1.29, 1.82) is 0 Å². The SMILES string of the molecule is Cc1ccc2nc(CSCC(=O)Nc3cccc(C4SCCS4)c3)cn2c1. The molecule has 0 radical (unpaired) electrons. The van der Waals surface area contributed by atoms with Gasteiger partial charge < -0.3 is 9.72 Å². The van der Waals surface area contributed by atoms with Crippen molar-refractivity contribution in [2.24, 2.45) is 0 Å². The number of nitrogens with zero attached hydrogens (tertiary/aromatic N) is 2. The molecule has 4 rings (SSSR count). The quantitative estimate of drug-likeness (QED) is 0.614. The maximum absolute atomic E-state index is 12.3. The van der Waals surface area contributed by atoms with Gasteiger partial charge in [0.15, 0.2) is 0 Å². The number of anilines is 1. The van der Waals surface area contributed by atoms with E-state index in [1.807, 2.05) is 52.3 Å². The monoisotopic (exact) mass is 415 g/mol. The molecule has 0 bridgehead atoms. The number of hydrogen-bond donors (Lipinski definition) is 1. The third-order valence-electron chi connectivity index (χ3n) is 4.20. The number of thioether (sulfide) groups is 3. The average molecular weight is 416 g/mol. The van der Waals surface area contributed by atoms with E-state index in [0.29, 0.717) is 10.3 Å². The Balaban J connectivity index is 1.29. The first kappa shape index (κ1) is 18.8. The largest absolute Gasteiger partial charge is 0.325 e. The summed E-state index contributed by atoms with van der Waals surface area (Å²) in [5.41, 5.74) is 5.31. The van der Waals surface area contributed by atoms with Gasteiger partial charge in [-0.2, -0.15) is 0 Å². The van der Waals surface area contributed by atoms with Crippen LogP contribution in [0.25, 0.3) is 5.65 Å². The van der Waals surface area contributed by atoms with Crippen molar-refractivity contribution in [1.82, 2.24) is 9.38 Å². The van der Waals surface area contributed by atoms with Gasteiger partial charge >= 0.3 is 0 Å². The van der Waals surface area contributed by atoms with E-state index in [4.69, 9.17) is 0 Å². The Morgan fingerprint density at radius 2 is 2.11 bits per heavy atom. The summed E-state index contributed by atoms with van der Waals surface area (Å²) in [5.74, 6) is 3.58. The molecule has 0 atom stereocenters. The van der Waals surface area contributed by atoms with Gasteiger partial charge in [-0.05, 0) is 36.2 Å². The Morgan fingerprint density at radius 3 is 2.96 bits per heavy atom. The van der Waals surface area contributed by atoms with Crippen molar-refractivity contribution in [3.05, 3.63) is 65.6 Å². The van der Waals surface area contributed by atoms with Gasteiger partial charge in [-0.15, -0.1) is 35.3 Å². The predicted octanol–water partition coefficient (Wildman–Crippen LogP) is 4.99. The van der Waals surface area contributed by atoms with E-state index in [1.165, 1.54) is 22.6 Å². The number of amides is 1. The lowest BCUT2D eigenvalue weighted by Crippen LogP contribution is -2.14. The molecule has 1 aliphatic heterocycles. The molecule has 3 aromatic rings. The summed E-state index contributed by atoms with van der Waals surface area (Å²) in [6.45, 7) is 2.07. The smallest absolute Gasteiger partial charge is 0.234 e. The number of imidazole rings is 1. The maximum Gasteiger partial charge on any atom is 0.234 e. The lowest BCUT2D eigenvalue weighted by Gasteiger charge is -2.11. The van der Waals surface area contributed by atoms with Crippen LogP contribution in [0.5, 0.6) is 0 Å². The minimum absolute atomic E-state index is 0.0310. The first-order valence-electron chi connectivity index (χ1n) is 8.82. The summed E-state index contributed by atoms with van der Waals surface area (Å²) in [6, 6.07) is 12.3. The van der Waals surface area contributed by atoms with Gasteiger partial charge in [0.25, 0.3) is 0 Å². The molecule has 27 heavy (non-hydrogen) atoms. The van der Waals surface area contributed by atoms with Crippen LogP contribution >= 0.6 is 35.3 Å². The van der Waals surface area contributed by atoms with Crippen LogP contribution < -0.4 is 5.32 Å². The van der Waals surface area contributed by atoms with Crippen LogP contribution in [0.2, 0.25) is 0 Å². The Morgan fingerprint density at radius 1 is 1.26 bits per heavy atom. The maximum atomic E-state index is 12.3. The number of carbonyl (C=O) groups is 1. The van der Waals surface area contributed by atoms with E-state index in [0.717, 1.165) is 22.8 Å². The molecule has 3 heterocycles. The molecule has 7 heteroatoms. The minimum Gasteiger partial charge on any atom is -0.325 e. The van der Waals surface area contributed by atoms with Crippen molar-refractivity contribution in [2.75, 3.05) is 22.6 Å². The number of rotatable bonds is 6. The van der Waals surface area contributed by atoms with Crippen molar-refractivity contribution in [3.63, 3.8) is 0 Å². The van der Waals surface area contributed by atoms with E-state index in [-0.39, 0.29) is 5.91 Å². The predicted molar refractivity (Wildman–Crippen MR) is 119 cm³/mol. The van der Waals surface area contributed by atoms with Crippen LogP contribution in [0.1, 0.15) is 21.4 Å². The van der Waals surface area contributed by atoms with Gasteiger partial charge in [0.1, 0.15) is 5.65 Å². The summed E-state index contributed by atoms with van der Waals surface area (Å²) in [5, 5.41) is 3.02. The normalized spacial score (nSPS) is 14.7. The number of nitrogens with one attached hydrogen (secondary N) is 1. The van der Waals surface area contributed by atoms with Crippen LogP contribution in [-0.4, -0.2) is 32.6 Å². The second-order valence-corrected chi connectivity index (χ2v) is 10.2. The fourth-order valence-corrected chi connectivity index (χ4v) is 6.53. The van der Waals surface area contributed by atoms with Crippen LogP contribution in [0.15, 0.2) is 48.8 Å². The number of carbonyl (C=O) groups excluding carboxylic acids is 1. The molecule has 1 aliphatic rings. The zero-order chi connectivity index (χ0) is 18.6. The molecule has 1 amide bonds. The lowest BCUT2D eigenvalue weighted by molar-refractivity contribution is -0.113. The molecule has 0 unspecified atom stereocenters. The molecule has 140 valence electrons.